The Morgan fingerprint density at radius 1 is 0.875 bits per heavy atom. The highest BCUT2D eigenvalue weighted by atomic mass is 35.5. The van der Waals surface area contributed by atoms with Gasteiger partial charge >= 0.3 is 0 Å². The fourth-order valence-electron chi connectivity index (χ4n) is 4.43. The molecule has 0 spiro atoms. The summed E-state index contributed by atoms with van der Waals surface area (Å²) >= 11 is 6.58. The van der Waals surface area contributed by atoms with Crippen molar-refractivity contribution < 1.29 is 9.84 Å². The normalized spacial score (nSPS) is 17.1. The summed E-state index contributed by atoms with van der Waals surface area (Å²) in [7, 11) is 0. The van der Waals surface area contributed by atoms with Crippen molar-refractivity contribution in [2.24, 2.45) is 0 Å². The maximum atomic E-state index is 11.4. The van der Waals surface area contributed by atoms with E-state index < -0.39 is 6.10 Å². The van der Waals surface area contributed by atoms with Gasteiger partial charge in [0.1, 0.15) is 5.75 Å². The van der Waals surface area contributed by atoms with Crippen molar-refractivity contribution in [1.29, 1.82) is 0 Å². The van der Waals surface area contributed by atoms with Crippen LogP contribution in [0.25, 0.3) is 0 Å². The average Bonchev–Trinajstić information content (AvgIpc) is 2.83. The summed E-state index contributed by atoms with van der Waals surface area (Å²) < 4.78 is 5.55. The van der Waals surface area contributed by atoms with E-state index in [1.54, 1.807) is 0 Å². The Bertz CT molecular complexity index is 972. The van der Waals surface area contributed by atoms with Crippen LogP contribution in [0.1, 0.15) is 35.8 Å². The molecule has 0 aromatic heterocycles. The number of halogens is 1. The topological polar surface area (TPSA) is 35.9 Å². The number of ether oxygens (including phenoxy) is 1. The molecule has 0 amide bonds. The SMILES string of the molecule is CCOc1ccc(CN2CCN(C(c3ccccc3Cl)C(O)c3ccccc3)CC2)cc1. The Morgan fingerprint density at radius 3 is 2.19 bits per heavy atom. The van der Waals surface area contributed by atoms with E-state index in [4.69, 9.17) is 16.3 Å². The van der Waals surface area contributed by atoms with Gasteiger partial charge in [0.25, 0.3) is 0 Å². The van der Waals surface area contributed by atoms with Crippen LogP contribution in [0.3, 0.4) is 0 Å². The zero-order valence-corrected chi connectivity index (χ0v) is 19.3. The summed E-state index contributed by atoms with van der Waals surface area (Å²) in [6.07, 6.45) is -0.645. The molecule has 2 unspecified atom stereocenters. The molecule has 1 N–H and O–H groups in total. The average molecular weight is 451 g/mol. The molecular weight excluding hydrogens is 420 g/mol. The Hall–Kier alpha value is -2.37. The van der Waals surface area contributed by atoms with E-state index in [2.05, 4.69) is 21.9 Å². The molecule has 0 bridgehead atoms. The van der Waals surface area contributed by atoms with Crippen molar-refractivity contribution in [2.75, 3.05) is 32.8 Å². The Labute approximate surface area is 196 Å². The van der Waals surface area contributed by atoms with Gasteiger partial charge in [-0.15, -0.1) is 0 Å². The van der Waals surface area contributed by atoms with Gasteiger partial charge in [0.05, 0.1) is 18.8 Å². The minimum Gasteiger partial charge on any atom is -0.494 e. The molecule has 1 fully saturated rings. The Kier molecular flexibility index (Phi) is 7.82. The van der Waals surface area contributed by atoms with Crippen LogP contribution in [0.4, 0.5) is 0 Å². The number of aliphatic hydroxyl groups excluding tert-OH is 1. The molecule has 0 aliphatic carbocycles. The fourth-order valence-corrected chi connectivity index (χ4v) is 4.68. The number of piperazine rings is 1. The van der Waals surface area contributed by atoms with Crippen molar-refractivity contribution >= 4 is 11.6 Å². The molecule has 1 saturated heterocycles. The van der Waals surface area contributed by atoms with Gasteiger partial charge < -0.3 is 9.84 Å². The van der Waals surface area contributed by atoms with Gasteiger partial charge in [-0.25, -0.2) is 0 Å². The lowest BCUT2D eigenvalue weighted by Crippen LogP contribution is -2.48. The van der Waals surface area contributed by atoms with E-state index in [0.717, 1.165) is 49.6 Å². The third kappa shape index (κ3) is 5.51. The van der Waals surface area contributed by atoms with E-state index in [1.165, 1.54) is 5.56 Å². The maximum Gasteiger partial charge on any atom is 0.119 e. The zero-order valence-electron chi connectivity index (χ0n) is 18.5. The first-order chi connectivity index (χ1) is 15.7. The molecule has 3 aromatic rings. The molecule has 1 heterocycles. The predicted octanol–water partition coefficient (Wildman–Crippen LogP) is 5.33. The Balaban J connectivity index is 1.46. The van der Waals surface area contributed by atoms with Crippen LogP contribution in [-0.2, 0) is 6.54 Å². The van der Waals surface area contributed by atoms with Crippen molar-refractivity contribution in [1.82, 2.24) is 9.80 Å². The zero-order chi connectivity index (χ0) is 22.3. The number of rotatable bonds is 8. The number of benzene rings is 3. The third-order valence-corrected chi connectivity index (χ3v) is 6.45. The highest BCUT2D eigenvalue weighted by Gasteiger charge is 2.32. The summed E-state index contributed by atoms with van der Waals surface area (Å²) in [5, 5.41) is 12.1. The van der Waals surface area contributed by atoms with Crippen molar-refractivity contribution in [3.63, 3.8) is 0 Å². The van der Waals surface area contributed by atoms with Gasteiger partial charge in [-0.3, -0.25) is 9.80 Å². The molecule has 168 valence electrons. The van der Waals surface area contributed by atoms with E-state index in [9.17, 15) is 5.11 Å². The lowest BCUT2D eigenvalue weighted by Gasteiger charge is -2.41. The van der Waals surface area contributed by atoms with Gasteiger partial charge in [0, 0.05) is 37.7 Å². The molecule has 2 atom stereocenters. The van der Waals surface area contributed by atoms with Crippen LogP contribution in [0.2, 0.25) is 5.02 Å². The van der Waals surface area contributed by atoms with E-state index >= 15 is 0 Å². The minimum atomic E-state index is -0.645. The molecule has 3 aromatic carbocycles. The fraction of sp³-hybridized carbons (Fsp3) is 0.333. The van der Waals surface area contributed by atoms with Crippen LogP contribution in [0.5, 0.6) is 5.75 Å². The lowest BCUT2D eigenvalue weighted by atomic mass is 9.93. The summed E-state index contributed by atoms with van der Waals surface area (Å²) in [4.78, 5) is 4.83. The van der Waals surface area contributed by atoms with Crippen molar-refractivity contribution in [3.05, 3.63) is 101 Å². The monoisotopic (exact) mass is 450 g/mol. The minimum absolute atomic E-state index is 0.182. The first-order valence-electron chi connectivity index (χ1n) is 11.3. The van der Waals surface area contributed by atoms with Crippen molar-refractivity contribution in [3.8, 4) is 5.75 Å². The number of nitrogens with zero attached hydrogens (tertiary/aromatic N) is 2. The number of hydrogen-bond donors (Lipinski definition) is 1. The van der Waals surface area contributed by atoms with E-state index in [1.807, 2.05) is 73.7 Å². The maximum absolute atomic E-state index is 11.4. The molecule has 1 aliphatic rings. The highest BCUT2D eigenvalue weighted by Crippen LogP contribution is 2.38. The van der Waals surface area contributed by atoms with Crippen LogP contribution >= 0.6 is 11.6 Å². The lowest BCUT2D eigenvalue weighted by molar-refractivity contribution is 0.0149. The second-order valence-corrected chi connectivity index (χ2v) is 8.62. The molecule has 4 rings (SSSR count). The Morgan fingerprint density at radius 2 is 1.53 bits per heavy atom. The van der Waals surface area contributed by atoms with Gasteiger partial charge in [-0.2, -0.15) is 0 Å². The first-order valence-corrected chi connectivity index (χ1v) is 11.7. The smallest absolute Gasteiger partial charge is 0.119 e. The molecule has 32 heavy (non-hydrogen) atoms. The van der Waals surface area contributed by atoms with Gasteiger partial charge in [-0.1, -0.05) is 72.3 Å². The number of hydrogen-bond acceptors (Lipinski definition) is 4. The second kappa shape index (κ2) is 11.0. The molecular formula is C27H31ClN2O2. The quantitative estimate of drug-likeness (QED) is 0.503. The molecule has 0 saturated carbocycles. The first kappa shape index (κ1) is 22.8. The predicted molar refractivity (Wildman–Crippen MR) is 130 cm³/mol. The second-order valence-electron chi connectivity index (χ2n) is 8.21. The van der Waals surface area contributed by atoms with E-state index in [0.29, 0.717) is 11.6 Å². The summed E-state index contributed by atoms with van der Waals surface area (Å²) in [6.45, 7) is 7.22. The highest BCUT2D eigenvalue weighted by molar-refractivity contribution is 6.31. The van der Waals surface area contributed by atoms with E-state index in [-0.39, 0.29) is 6.04 Å². The largest absolute Gasteiger partial charge is 0.494 e. The molecule has 1 aliphatic heterocycles. The van der Waals surface area contributed by atoms with Crippen LogP contribution in [0.15, 0.2) is 78.9 Å². The van der Waals surface area contributed by atoms with Gasteiger partial charge in [0.15, 0.2) is 0 Å². The molecule has 0 radical (unpaired) electrons. The summed E-state index contributed by atoms with van der Waals surface area (Å²) in [5.74, 6) is 0.915. The standard InChI is InChI=1S/C27H31ClN2O2/c1-2-32-23-14-12-21(13-15-23)20-29-16-18-30(19-17-29)26(24-10-6-7-11-25(24)28)27(31)22-8-4-3-5-9-22/h3-15,26-27,31H,2,16-20H2,1H3. The summed E-state index contributed by atoms with van der Waals surface area (Å²) in [6, 6.07) is 25.9. The third-order valence-electron chi connectivity index (χ3n) is 6.10. The summed E-state index contributed by atoms with van der Waals surface area (Å²) in [5.41, 5.74) is 3.17. The van der Waals surface area contributed by atoms with Crippen molar-refractivity contribution in [2.45, 2.75) is 25.6 Å². The number of aliphatic hydroxyl groups is 1. The van der Waals surface area contributed by atoms with Crippen LogP contribution in [-0.4, -0.2) is 47.7 Å². The van der Waals surface area contributed by atoms with Crippen LogP contribution < -0.4 is 4.74 Å². The van der Waals surface area contributed by atoms with Gasteiger partial charge in [0.2, 0.25) is 0 Å². The van der Waals surface area contributed by atoms with Gasteiger partial charge in [-0.05, 0) is 41.8 Å². The van der Waals surface area contributed by atoms with Crippen LogP contribution in [0, 0.1) is 0 Å². The molecule has 4 nitrogen and oxygen atoms in total. The molecule has 5 heteroatoms.